The van der Waals surface area contributed by atoms with Crippen molar-refractivity contribution in [1.29, 1.82) is 0 Å². The Morgan fingerprint density at radius 3 is 2.94 bits per heavy atom. The Bertz CT molecular complexity index is 360. The number of hydrogen-bond donors (Lipinski definition) is 2. The maximum Gasteiger partial charge on any atom is 0.148 e. The number of nitrogen functional groups attached to an aromatic ring is 1. The van der Waals surface area contributed by atoms with Crippen molar-refractivity contribution in [3.63, 3.8) is 0 Å². The number of hydrogen-bond acceptors (Lipinski definition) is 4. The highest BCUT2D eigenvalue weighted by atomic mass is 16.5. The predicted octanol–water partition coefficient (Wildman–Crippen LogP) is 1.80. The third kappa shape index (κ3) is 3.78. The van der Waals surface area contributed by atoms with E-state index in [1.54, 1.807) is 0 Å². The molecule has 1 aromatic heterocycles. The van der Waals surface area contributed by atoms with Crippen molar-refractivity contribution in [2.24, 2.45) is 0 Å². The maximum atomic E-state index is 5.94. The lowest BCUT2D eigenvalue weighted by Crippen LogP contribution is -2.14. The molecule has 5 heteroatoms. The van der Waals surface area contributed by atoms with E-state index in [1.165, 1.54) is 0 Å². The molecular formula is C12H22N4O. The minimum atomic E-state index is 0.654. The first-order valence-corrected chi connectivity index (χ1v) is 5.96. The van der Waals surface area contributed by atoms with Gasteiger partial charge in [0.1, 0.15) is 5.82 Å². The van der Waals surface area contributed by atoms with Gasteiger partial charge in [-0.25, -0.2) is 4.68 Å². The van der Waals surface area contributed by atoms with Gasteiger partial charge in [-0.2, -0.15) is 5.10 Å². The van der Waals surface area contributed by atoms with E-state index in [-0.39, 0.29) is 0 Å². The molecule has 0 amide bonds. The summed E-state index contributed by atoms with van der Waals surface area (Å²) >= 11 is 0. The minimum Gasteiger partial charge on any atom is -0.394 e. The number of nitrogens with one attached hydrogen (secondary N) is 1. The third-order valence-corrected chi connectivity index (χ3v) is 2.48. The Balaban J connectivity index is 2.38. The molecule has 0 aliphatic heterocycles. The van der Waals surface area contributed by atoms with E-state index in [2.05, 4.69) is 17.0 Å². The first-order valence-electron chi connectivity index (χ1n) is 5.96. The van der Waals surface area contributed by atoms with Gasteiger partial charge in [-0.05, 0) is 20.3 Å². The van der Waals surface area contributed by atoms with Crippen molar-refractivity contribution in [3.05, 3.63) is 18.3 Å². The monoisotopic (exact) mass is 238 g/mol. The van der Waals surface area contributed by atoms with Crippen LogP contribution in [0.4, 0.5) is 11.5 Å². The largest absolute Gasteiger partial charge is 0.394 e. The van der Waals surface area contributed by atoms with Crippen molar-refractivity contribution in [3.8, 4) is 0 Å². The summed E-state index contributed by atoms with van der Waals surface area (Å²) in [5.41, 5.74) is 7.52. The van der Waals surface area contributed by atoms with Crippen LogP contribution in [0.5, 0.6) is 0 Å². The third-order valence-electron chi connectivity index (χ3n) is 2.48. The Kier molecular flexibility index (Phi) is 5.56. The average Bonchev–Trinajstić information content (AvgIpc) is 2.60. The van der Waals surface area contributed by atoms with Crippen LogP contribution in [0.3, 0.4) is 0 Å². The Labute approximate surface area is 103 Å². The highest BCUT2D eigenvalue weighted by Gasteiger charge is 2.10. The summed E-state index contributed by atoms with van der Waals surface area (Å²) in [5.74, 6) is 0.886. The van der Waals surface area contributed by atoms with Crippen LogP contribution < -0.4 is 11.1 Å². The SMILES string of the molecule is C=CCCOCCNc1c(N)c(C)nn1CC. The molecule has 0 aromatic carbocycles. The lowest BCUT2D eigenvalue weighted by molar-refractivity contribution is 0.149. The van der Waals surface area contributed by atoms with E-state index < -0.39 is 0 Å². The van der Waals surface area contributed by atoms with E-state index in [0.717, 1.165) is 36.7 Å². The van der Waals surface area contributed by atoms with E-state index >= 15 is 0 Å². The number of nitrogens with zero attached hydrogens (tertiary/aromatic N) is 2. The van der Waals surface area contributed by atoms with E-state index in [0.29, 0.717) is 13.2 Å². The fourth-order valence-electron chi connectivity index (χ4n) is 1.52. The summed E-state index contributed by atoms with van der Waals surface area (Å²) in [6, 6.07) is 0. The molecule has 0 fully saturated rings. The van der Waals surface area contributed by atoms with E-state index in [9.17, 15) is 0 Å². The summed E-state index contributed by atoms with van der Waals surface area (Å²) in [5, 5.41) is 7.59. The molecule has 0 bridgehead atoms. The number of ether oxygens (including phenoxy) is 1. The zero-order valence-corrected chi connectivity index (χ0v) is 10.7. The van der Waals surface area contributed by atoms with Gasteiger partial charge >= 0.3 is 0 Å². The summed E-state index contributed by atoms with van der Waals surface area (Å²) in [7, 11) is 0. The van der Waals surface area contributed by atoms with Crippen LogP contribution in [0, 0.1) is 6.92 Å². The van der Waals surface area contributed by atoms with Gasteiger partial charge in [-0.3, -0.25) is 0 Å². The van der Waals surface area contributed by atoms with Crippen molar-refractivity contribution in [2.75, 3.05) is 30.8 Å². The highest BCUT2D eigenvalue weighted by Crippen LogP contribution is 2.21. The molecule has 0 saturated heterocycles. The summed E-state index contributed by atoms with van der Waals surface area (Å²) < 4.78 is 7.28. The average molecular weight is 238 g/mol. The molecule has 0 unspecified atom stereocenters. The first kappa shape index (κ1) is 13.6. The van der Waals surface area contributed by atoms with Gasteiger partial charge in [-0.15, -0.1) is 6.58 Å². The van der Waals surface area contributed by atoms with Gasteiger partial charge in [0.2, 0.25) is 0 Å². The molecule has 17 heavy (non-hydrogen) atoms. The van der Waals surface area contributed by atoms with Crippen LogP contribution in [0.15, 0.2) is 12.7 Å². The van der Waals surface area contributed by atoms with Crippen molar-refractivity contribution < 1.29 is 4.74 Å². The Hall–Kier alpha value is -1.49. The molecule has 1 rings (SSSR count). The van der Waals surface area contributed by atoms with Crippen LogP contribution in [-0.4, -0.2) is 29.5 Å². The van der Waals surface area contributed by atoms with Crippen LogP contribution in [0.2, 0.25) is 0 Å². The predicted molar refractivity (Wildman–Crippen MR) is 71.2 cm³/mol. The summed E-state index contributed by atoms with van der Waals surface area (Å²) in [4.78, 5) is 0. The van der Waals surface area contributed by atoms with Gasteiger partial charge in [0.15, 0.2) is 0 Å². The molecule has 0 atom stereocenters. The van der Waals surface area contributed by atoms with Gasteiger partial charge in [0.25, 0.3) is 0 Å². The molecule has 1 aromatic rings. The molecule has 5 nitrogen and oxygen atoms in total. The molecule has 3 N–H and O–H groups in total. The molecular weight excluding hydrogens is 216 g/mol. The summed E-state index contributed by atoms with van der Waals surface area (Å²) in [6.45, 7) is 10.5. The van der Waals surface area contributed by atoms with E-state index in [4.69, 9.17) is 10.5 Å². The number of rotatable bonds is 8. The highest BCUT2D eigenvalue weighted by molar-refractivity contribution is 5.64. The number of nitrogens with two attached hydrogens (primary N) is 1. The zero-order valence-electron chi connectivity index (χ0n) is 10.7. The maximum absolute atomic E-state index is 5.94. The molecule has 96 valence electrons. The van der Waals surface area contributed by atoms with Crippen LogP contribution in [-0.2, 0) is 11.3 Å². The fraction of sp³-hybridized carbons (Fsp3) is 0.583. The second-order valence-corrected chi connectivity index (χ2v) is 3.78. The standard InChI is InChI=1S/C12H22N4O/c1-4-6-8-17-9-7-14-12-11(13)10(3)15-16(12)5-2/h4,14H,1,5-9,13H2,2-3H3. The zero-order chi connectivity index (χ0) is 12.7. The second kappa shape index (κ2) is 6.96. The topological polar surface area (TPSA) is 65.1 Å². The molecule has 0 radical (unpaired) electrons. The molecule has 0 spiro atoms. The van der Waals surface area contributed by atoms with Gasteiger partial charge < -0.3 is 15.8 Å². The van der Waals surface area contributed by atoms with Gasteiger partial charge in [0, 0.05) is 13.1 Å². The number of aromatic nitrogens is 2. The molecule has 0 aliphatic carbocycles. The van der Waals surface area contributed by atoms with E-state index in [1.807, 2.05) is 24.6 Å². The van der Waals surface area contributed by atoms with Crippen molar-refractivity contribution in [1.82, 2.24) is 9.78 Å². The molecule has 0 aliphatic rings. The van der Waals surface area contributed by atoms with Gasteiger partial charge in [-0.1, -0.05) is 6.08 Å². The smallest absolute Gasteiger partial charge is 0.148 e. The van der Waals surface area contributed by atoms with Crippen LogP contribution in [0.1, 0.15) is 19.0 Å². The fourth-order valence-corrected chi connectivity index (χ4v) is 1.52. The number of aryl methyl sites for hydroxylation is 2. The van der Waals surface area contributed by atoms with Crippen LogP contribution in [0.25, 0.3) is 0 Å². The number of anilines is 2. The second-order valence-electron chi connectivity index (χ2n) is 3.78. The first-order chi connectivity index (χ1) is 8.20. The van der Waals surface area contributed by atoms with Crippen molar-refractivity contribution >= 4 is 11.5 Å². The van der Waals surface area contributed by atoms with Crippen LogP contribution >= 0.6 is 0 Å². The normalized spacial score (nSPS) is 10.5. The quantitative estimate of drug-likeness (QED) is 0.535. The Morgan fingerprint density at radius 2 is 2.29 bits per heavy atom. The molecule has 1 heterocycles. The Morgan fingerprint density at radius 1 is 1.53 bits per heavy atom. The lowest BCUT2D eigenvalue weighted by atomic mass is 10.4. The van der Waals surface area contributed by atoms with Gasteiger partial charge in [0.05, 0.1) is 24.6 Å². The lowest BCUT2D eigenvalue weighted by Gasteiger charge is -2.09. The van der Waals surface area contributed by atoms with Crippen molar-refractivity contribution in [2.45, 2.75) is 26.8 Å². The summed E-state index contributed by atoms with van der Waals surface area (Å²) in [6.07, 6.45) is 2.73. The minimum absolute atomic E-state index is 0.654. The molecule has 0 saturated carbocycles.